The maximum absolute atomic E-state index is 13.0. The second-order valence-electron chi connectivity index (χ2n) is 9.22. The van der Waals surface area contributed by atoms with Crippen molar-refractivity contribution in [1.29, 1.82) is 0 Å². The van der Waals surface area contributed by atoms with Crippen molar-refractivity contribution in [3.63, 3.8) is 0 Å². The van der Waals surface area contributed by atoms with E-state index in [9.17, 15) is 23.7 Å². The van der Waals surface area contributed by atoms with E-state index in [1.165, 1.54) is 0 Å². The van der Waals surface area contributed by atoms with E-state index in [1.807, 2.05) is 0 Å². The standard InChI is InChI=1S/C27H41N4O6PS/c1-6-18-28-23(32)12-15-27(16-13-24(33)29-19-7-2,17-14-25(34)30-20-8-3)31-26(35)11-9-10-21-37-38(36,39)22(4)5/h1-3,22H,9-21H2,4-5H3,(H,28,32)(H,29,33)(H,30,34)(H,31,35)(H,36,39). The van der Waals surface area contributed by atoms with Crippen molar-refractivity contribution in [3.05, 3.63) is 0 Å². The summed E-state index contributed by atoms with van der Waals surface area (Å²) in [6, 6.07) is 0. The van der Waals surface area contributed by atoms with Crippen LogP contribution >= 0.6 is 18.8 Å². The summed E-state index contributed by atoms with van der Waals surface area (Å²) < 4.78 is 17.6. The van der Waals surface area contributed by atoms with E-state index in [1.54, 1.807) is 13.8 Å². The molecule has 216 valence electrons. The zero-order valence-electron chi connectivity index (χ0n) is 22.8. The molecule has 1 unspecified atom stereocenters. The number of carbonyl (C=O) groups excluding carboxylic acids is 4. The zero-order chi connectivity index (χ0) is 29.7. The zero-order valence-corrected chi connectivity index (χ0v) is 24.6. The minimum atomic E-state index is -3.00. The van der Waals surface area contributed by atoms with Crippen molar-refractivity contribution in [2.75, 3.05) is 26.2 Å². The van der Waals surface area contributed by atoms with Gasteiger partial charge in [0.1, 0.15) is 0 Å². The van der Waals surface area contributed by atoms with Gasteiger partial charge in [0.25, 0.3) is 6.57 Å². The molecule has 0 rings (SSSR count). The van der Waals surface area contributed by atoms with Gasteiger partial charge in [-0.15, -0.1) is 19.3 Å². The van der Waals surface area contributed by atoms with Crippen LogP contribution in [0, 0.1) is 37.0 Å². The lowest BCUT2D eigenvalue weighted by Gasteiger charge is -2.35. The van der Waals surface area contributed by atoms with Gasteiger partial charge in [-0.3, -0.25) is 23.7 Å². The van der Waals surface area contributed by atoms with E-state index in [-0.39, 0.29) is 100 Å². The highest BCUT2D eigenvalue weighted by Gasteiger charge is 2.33. The number of amides is 4. The smallest absolute Gasteiger partial charge is 0.257 e. The summed E-state index contributed by atoms with van der Waals surface area (Å²) in [6.07, 6.45) is 17.2. The fourth-order valence-corrected chi connectivity index (χ4v) is 4.36. The molecule has 0 radical (unpaired) electrons. The number of thiol groups is 1. The van der Waals surface area contributed by atoms with Crippen molar-refractivity contribution in [2.24, 2.45) is 0 Å². The molecule has 0 aliphatic heterocycles. The van der Waals surface area contributed by atoms with Crippen LogP contribution in [-0.4, -0.2) is 61.1 Å². The summed E-state index contributed by atoms with van der Waals surface area (Å²) in [5.41, 5.74) is -1.27. The van der Waals surface area contributed by atoms with Gasteiger partial charge in [-0.1, -0.05) is 43.9 Å². The van der Waals surface area contributed by atoms with Gasteiger partial charge >= 0.3 is 0 Å². The Morgan fingerprint density at radius 3 is 1.54 bits per heavy atom. The van der Waals surface area contributed by atoms with Gasteiger partial charge < -0.3 is 25.8 Å². The number of rotatable bonds is 20. The first-order valence-electron chi connectivity index (χ1n) is 12.8. The fraction of sp³-hybridized carbons (Fsp3) is 0.630. The molecule has 4 amide bonds. The van der Waals surface area contributed by atoms with Gasteiger partial charge in [0.15, 0.2) is 0 Å². The van der Waals surface area contributed by atoms with Crippen LogP contribution in [0.5, 0.6) is 0 Å². The highest BCUT2D eigenvalue weighted by atomic mass is 32.7. The molecule has 0 fully saturated rings. The molecule has 4 N–H and O–H groups in total. The summed E-state index contributed by atoms with van der Waals surface area (Å²) in [4.78, 5) is 49.9. The largest absolute Gasteiger partial charge is 0.351 e. The van der Waals surface area contributed by atoms with Crippen molar-refractivity contribution in [3.8, 4) is 37.0 Å². The Balaban J connectivity index is 5.52. The number of terminal acetylenes is 3. The molecule has 0 aliphatic carbocycles. The summed E-state index contributed by atoms with van der Waals surface area (Å²) in [7, 11) is 0. The monoisotopic (exact) mass is 580 g/mol. The molecule has 12 heteroatoms. The summed E-state index contributed by atoms with van der Waals surface area (Å²) in [5.74, 6) is 5.69. The number of hydrogen-bond acceptors (Lipinski definition) is 6. The lowest BCUT2D eigenvalue weighted by atomic mass is 9.83. The molecule has 0 aromatic carbocycles. The Morgan fingerprint density at radius 2 is 1.18 bits per heavy atom. The topological polar surface area (TPSA) is 143 Å². The van der Waals surface area contributed by atoms with Gasteiger partial charge in [-0.2, -0.15) is 0 Å². The molecule has 0 bridgehead atoms. The van der Waals surface area contributed by atoms with Crippen LogP contribution in [0.4, 0.5) is 0 Å². The number of carbonyl (C=O) groups is 4. The molecule has 0 saturated carbocycles. The second kappa shape index (κ2) is 20.1. The maximum Gasteiger partial charge on any atom is 0.257 e. The molecule has 0 aromatic rings. The van der Waals surface area contributed by atoms with Gasteiger partial charge in [0.2, 0.25) is 23.6 Å². The van der Waals surface area contributed by atoms with Crippen LogP contribution < -0.4 is 21.3 Å². The van der Waals surface area contributed by atoms with Gasteiger partial charge in [-0.05, 0) is 32.1 Å². The van der Waals surface area contributed by atoms with E-state index in [0.717, 1.165) is 0 Å². The summed E-state index contributed by atoms with van der Waals surface area (Å²) in [6.45, 7) is 0.872. The molecule has 1 atom stereocenters. The van der Waals surface area contributed by atoms with Crippen molar-refractivity contribution in [1.82, 2.24) is 21.3 Å². The van der Waals surface area contributed by atoms with Gasteiger partial charge in [0.05, 0.1) is 26.2 Å². The van der Waals surface area contributed by atoms with Crippen LogP contribution in [0.1, 0.15) is 71.6 Å². The highest BCUT2D eigenvalue weighted by molar-refractivity contribution is 8.46. The maximum atomic E-state index is 13.0. The van der Waals surface area contributed by atoms with Gasteiger partial charge in [0, 0.05) is 36.9 Å². The summed E-state index contributed by atoms with van der Waals surface area (Å²) >= 11 is 4.09. The molecule has 39 heavy (non-hydrogen) atoms. The Hall–Kier alpha value is -2.90. The quantitative estimate of drug-likeness (QED) is 0.0647. The van der Waals surface area contributed by atoms with Crippen LogP contribution in [0.3, 0.4) is 0 Å². The lowest BCUT2D eigenvalue weighted by Crippen LogP contribution is -2.50. The predicted octanol–water partition coefficient (Wildman–Crippen LogP) is 2.15. The Morgan fingerprint density at radius 1 is 0.769 bits per heavy atom. The summed E-state index contributed by atoms with van der Waals surface area (Å²) in [5, 5.41) is 10.7. The molecular formula is C27H41N4O6PS. The van der Waals surface area contributed by atoms with Crippen LogP contribution in [0.2, 0.25) is 0 Å². The molecule has 10 nitrogen and oxygen atoms in total. The van der Waals surface area contributed by atoms with Crippen LogP contribution in [0.25, 0.3) is 0 Å². The number of unbranched alkanes of at least 4 members (excludes halogenated alkanes) is 1. The molecule has 0 saturated heterocycles. The van der Waals surface area contributed by atoms with Crippen LogP contribution in [0.15, 0.2) is 0 Å². The minimum absolute atomic E-state index is 0.0141. The van der Waals surface area contributed by atoms with Crippen LogP contribution in [-0.2, 0) is 28.3 Å². The average molecular weight is 581 g/mol. The molecular weight excluding hydrogens is 539 g/mol. The third-order valence-corrected chi connectivity index (χ3v) is 9.38. The van der Waals surface area contributed by atoms with Crippen molar-refractivity contribution in [2.45, 2.75) is 82.8 Å². The molecule has 0 heterocycles. The number of nitrogens with one attached hydrogen (secondary N) is 4. The number of hydrogen-bond donors (Lipinski definition) is 5. The van der Waals surface area contributed by atoms with E-state index in [0.29, 0.717) is 12.8 Å². The third kappa shape index (κ3) is 17.3. The van der Waals surface area contributed by atoms with E-state index in [4.69, 9.17) is 23.8 Å². The van der Waals surface area contributed by atoms with E-state index < -0.39 is 12.1 Å². The van der Waals surface area contributed by atoms with Gasteiger partial charge in [-0.25, -0.2) is 0 Å². The predicted molar refractivity (Wildman–Crippen MR) is 156 cm³/mol. The normalized spacial score (nSPS) is 12.2. The SMILES string of the molecule is C#CCNC(=O)CCC(CCC(=O)NCC#C)(CCC(=O)NCC#C)NC(=O)CCCCOP(=O)(S)C(C)C. The Bertz CT molecular complexity index is 912. The lowest BCUT2D eigenvalue weighted by molar-refractivity contribution is -0.127. The average Bonchev–Trinajstić information content (AvgIpc) is 2.89. The van der Waals surface area contributed by atoms with E-state index in [2.05, 4.69) is 51.3 Å². The molecule has 0 spiro atoms. The minimum Gasteiger partial charge on any atom is -0.351 e. The first-order valence-corrected chi connectivity index (χ1v) is 15.6. The first-order chi connectivity index (χ1) is 18.4. The van der Waals surface area contributed by atoms with E-state index >= 15 is 0 Å². The second-order valence-corrected chi connectivity index (χ2v) is 13.3. The fourth-order valence-electron chi connectivity index (χ4n) is 3.43. The Kier molecular flexibility index (Phi) is 18.6. The third-order valence-electron chi connectivity index (χ3n) is 5.79. The highest BCUT2D eigenvalue weighted by Crippen LogP contribution is 2.56. The van der Waals surface area contributed by atoms with Crippen molar-refractivity contribution < 1.29 is 28.3 Å². The molecule has 0 aromatic heterocycles. The first kappa shape index (κ1) is 36.1. The molecule has 0 aliphatic rings. The Labute approximate surface area is 237 Å². The van der Waals surface area contributed by atoms with Crippen molar-refractivity contribution >= 4 is 42.4 Å².